The van der Waals surface area contributed by atoms with Crippen LogP contribution in [0.25, 0.3) is 0 Å². The predicted octanol–water partition coefficient (Wildman–Crippen LogP) is 1.50. The van der Waals surface area contributed by atoms with Gasteiger partial charge in [0.25, 0.3) is 0 Å². The van der Waals surface area contributed by atoms with Crippen molar-refractivity contribution in [1.29, 1.82) is 0 Å². The number of rotatable bonds is 6. The minimum absolute atomic E-state index is 0.00769. The Morgan fingerprint density at radius 3 is 2.56 bits per heavy atom. The van der Waals surface area contributed by atoms with Gasteiger partial charge in [-0.2, -0.15) is 0 Å². The minimum atomic E-state index is -0.157. The summed E-state index contributed by atoms with van der Waals surface area (Å²) in [4.78, 5) is 2.48. The molecule has 0 aromatic heterocycles. The van der Waals surface area contributed by atoms with Crippen LogP contribution in [0.2, 0.25) is 0 Å². The highest BCUT2D eigenvalue weighted by atomic mass is 16.5. The summed E-state index contributed by atoms with van der Waals surface area (Å²) >= 11 is 0. The third-order valence-electron chi connectivity index (χ3n) is 4.39. The zero-order valence-corrected chi connectivity index (χ0v) is 12.9. The SMILES string of the molecule is CNC(CN1CCCC(C)(OC)C1)C(C)(C)OC. The van der Waals surface area contributed by atoms with Gasteiger partial charge in [0.15, 0.2) is 0 Å². The molecule has 0 saturated carbocycles. The summed E-state index contributed by atoms with van der Waals surface area (Å²) in [5.41, 5.74) is -0.149. The molecule has 0 amide bonds. The molecular formula is C14H30N2O2. The van der Waals surface area contributed by atoms with Crippen molar-refractivity contribution in [3.63, 3.8) is 0 Å². The summed E-state index contributed by atoms with van der Waals surface area (Å²) in [7, 11) is 5.60. The third kappa shape index (κ3) is 3.92. The van der Waals surface area contributed by atoms with E-state index in [-0.39, 0.29) is 11.2 Å². The van der Waals surface area contributed by atoms with Crippen molar-refractivity contribution < 1.29 is 9.47 Å². The Hall–Kier alpha value is -0.160. The Kier molecular flexibility index (Phi) is 5.59. The van der Waals surface area contributed by atoms with Gasteiger partial charge in [0.2, 0.25) is 0 Å². The lowest BCUT2D eigenvalue weighted by Crippen LogP contribution is -2.57. The molecule has 0 radical (unpaired) electrons. The van der Waals surface area contributed by atoms with Crippen LogP contribution < -0.4 is 5.32 Å². The Balaban J connectivity index is 2.60. The smallest absolute Gasteiger partial charge is 0.0787 e. The molecule has 4 nitrogen and oxygen atoms in total. The van der Waals surface area contributed by atoms with Crippen molar-refractivity contribution in [2.45, 2.75) is 50.9 Å². The molecule has 108 valence electrons. The van der Waals surface area contributed by atoms with Crippen LogP contribution in [-0.4, -0.2) is 63.0 Å². The van der Waals surface area contributed by atoms with E-state index in [2.05, 4.69) is 31.0 Å². The van der Waals surface area contributed by atoms with Gasteiger partial charge in [0.05, 0.1) is 11.2 Å². The Morgan fingerprint density at radius 1 is 1.39 bits per heavy atom. The number of hydrogen-bond donors (Lipinski definition) is 1. The van der Waals surface area contributed by atoms with Crippen molar-refractivity contribution in [3.8, 4) is 0 Å². The minimum Gasteiger partial charge on any atom is -0.377 e. The fourth-order valence-corrected chi connectivity index (χ4v) is 2.69. The van der Waals surface area contributed by atoms with E-state index in [4.69, 9.17) is 9.47 Å². The summed E-state index contributed by atoms with van der Waals surface area (Å²) in [5, 5.41) is 3.38. The first-order valence-corrected chi connectivity index (χ1v) is 6.87. The maximum absolute atomic E-state index is 5.64. The molecular weight excluding hydrogens is 228 g/mol. The summed E-state index contributed by atoms with van der Waals surface area (Å²) in [6, 6.07) is 0.321. The van der Waals surface area contributed by atoms with Crippen LogP contribution >= 0.6 is 0 Å². The molecule has 0 aromatic carbocycles. The second kappa shape index (κ2) is 6.33. The van der Waals surface area contributed by atoms with E-state index in [9.17, 15) is 0 Å². The van der Waals surface area contributed by atoms with Gasteiger partial charge >= 0.3 is 0 Å². The number of likely N-dealkylation sites (N-methyl/N-ethyl adjacent to an activating group) is 1. The van der Waals surface area contributed by atoms with Crippen molar-refractivity contribution in [2.24, 2.45) is 0 Å². The molecule has 1 heterocycles. The van der Waals surface area contributed by atoms with Crippen LogP contribution in [-0.2, 0) is 9.47 Å². The number of hydrogen-bond acceptors (Lipinski definition) is 4. The Labute approximate surface area is 112 Å². The average molecular weight is 258 g/mol. The second-order valence-corrected chi connectivity index (χ2v) is 6.14. The van der Waals surface area contributed by atoms with Gasteiger partial charge in [-0.15, -0.1) is 0 Å². The maximum Gasteiger partial charge on any atom is 0.0787 e. The summed E-state index contributed by atoms with van der Waals surface area (Å²) < 4.78 is 11.2. The van der Waals surface area contributed by atoms with Crippen molar-refractivity contribution in [1.82, 2.24) is 10.2 Å². The molecule has 1 aliphatic rings. The first kappa shape index (κ1) is 15.9. The van der Waals surface area contributed by atoms with Crippen LogP contribution in [0.5, 0.6) is 0 Å². The van der Waals surface area contributed by atoms with E-state index in [0.29, 0.717) is 6.04 Å². The largest absolute Gasteiger partial charge is 0.377 e. The molecule has 4 heteroatoms. The van der Waals surface area contributed by atoms with Crippen molar-refractivity contribution in [2.75, 3.05) is 40.9 Å². The summed E-state index contributed by atoms with van der Waals surface area (Å²) in [6.07, 6.45) is 2.35. The Morgan fingerprint density at radius 2 is 2.06 bits per heavy atom. The van der Waals surface area contributed by atoms with E-state index in [1.54, 1.807) is 7.11 Å². The highest BCUT2D eigenvalue weighted by Crippen LogP contribution is 2.25. The molecule has 1 aliphatic heterocycles. The molecule has 0 aliphatic carbocycles. The lowest BCUT2D eigenvalue weighted by Gasteiger charge is -2.43. The lowest BCUT2D eigenvalue weighted by molar-refractivity contribution is -0.0656. The zero-order chi connectivity index (χ0) is 13.8. The van der Waals surface area contributed by atoms with Crippen LogP contribution in [0.1, 0.15) is 33.6 Å². The standard InChI is InChI=1S/C14H30N2O2/c1-13(2,17-5)12(15-4)10-16-9-7-8-14(3,11-16)18-6/h12,15H,7-11H2,1-6H3. The van der Waals surface area contributed by atoms with E-state index in [1.807, 2.05) is 14.2 Å². The van der Waals surface area contributed by atoms with E-state index in [1.165, 1.54) is 6.42 Å². The number of likely N-dealkylation sites (tertiary alicyclic amines) is 1. The van der Waals surface area contributed by atoms with Crippen LogP contribution in [0.4, 0.5) is 0 Å². The fraction of sp³-hybridized carbons (Fsp3) is 1.00. The molecule has 0 aromatic rings. The molecule has 1 rings (SSSR count). The molecule has 2 atom stereocenters. The zero-order valence-electron chi connectivity index (χ0n) is 12.9. The second-order valence-electron chi connectivity index (χ2n) is 6.14. The molecule has 0 bridgehead atoms. The van der Waals surface area contributed by atoms with Gasteiger partial charge in [-0.25, -0.2) is 0 Å². The quantitative estimate of drug-likeness (QED) is 0.783. The molecule has 1 saturated heterocycles. The number of piperidine rings is 1. The Bertz CT molecular complexity index is 258. The van der Waals surface area contributed by atoms with E-state index < -0.39 is 0 Å². The predicted molar refractivity (Wildman–Crippen MR) is 75.0 cm³/mol. The normalized spacial score (nSPS) is 28.3. The molecule has 1 fully saturated rings. The van der Waals surface area contributed by atoms with Gasteiger partial charge in [0.1, 0.15) is 0 Å². The highest BCUT2D eigenvalue weighted by molar-refractivity contribution is 4.91. The van der Waals surface area contributed by atoms with Crippen molar-refractivity contribution >= 4 is 0 Å². The van der Waals surface area contributed by atoms with Crippen LogP contribution in [0.3, 0.4) is 0 Å². The number of nitrogens with one attached hydrogen (secondary N) is 1. The molecule has 2 unspecified atom stereocenters. The maximum atomic E-state index is 5.64. The topological polar surface area (TPSA) is 33.7 Å². The monoisotopic (exact) mass is 258 g/mol. The molecule has 1 N–H and O–H groups in total. The van der Waals surface area contributed by atoms with Crippen molar-refractivity contribution in [3.05, 3.63) is 0 Å². The first-order chi connectivity index (χ1) is 8.37. The van der Waals surface area contributed by atoms with Gasteiger partial charge in [-0.1, -0.05) is 0 Å². The van der Waals surface area contributed by atoms with Crippen LogP contribution in [0, 0.1) is 0 Å². The fourth-order valence-electron chi connectivity index (χ4n) is 2.69. The number of methoxy groups -OCH3 is 2. The summed E-state index contributed by atoms with van der Waals surface area (Å²) in [5.74, 6) is 0. The van der Waals surface area contributed by atoms with Crippen LogP contribution in [0.15, 0.2) is 0 Å². The van der Waals surface area contributed by atoms with Gasteiger partial charge < -0.3 is 14.8 Å². The van der Waals surface area contributed by atoms with Gasteiger partial charge in [-0.3, -0.25) is 4.90 Å². The van der Waals surface area contributed by atoms with E-state index in [0.717, 1.165) is 26.1 Å². The molecule has 0 spiro atoms. The highest BCUT2D eigenvalue weighted by Gasteiger charge is 2.35. The lowest BCUT2D eigenvalue weighted by atomic mass is 9.92. The van der Waals surface area contributed by atoms with E-state index >= 15 is 0 Å². The summed E-state index contributed by atoms with van der Waals surface area (Å²) in [6.45, 7) is 9.62. The first-order valence-electron chi connectivity index (χ1n) is 6.87. The number of nitrogens with zero attached hydrogens (tertiary/aromatic N) is 1. The number of ether oxygens (including phenoxy) is 2. The average Bonchev–Trinajstić information content (AvgIpc) is 2.36. The third-order valence-corrected chi connectivity index (χ3v) is 4.39. The van der Waals surface area contributed by atoms with Gasteiger partial charge in [0, 0.05) is 33.4 Å². The van der Waals surface area contributed by atoms with Gasteiger partial charge in [-0.05, 0) is 47.2 Å². The molecule has 18 heavy (non-hydrogen) atoms.